The number of benzene rings is 3. The highest BCUT2D eigenvalue weighted by atomic mass is 79.9. The molecule has 0 spiro atoms. The van der Waals surface area contributed by atoms with Crippen LogP contribution < -0.4 is 10.3 Å². The number of aryl methyl sites for hydroxylation is 1. The molecule has 3 aromatic carbocycles. The highest BCUT2D eigenvalue weighted by Gasteiger charge is 2.11. The highest BCUT2D eigenvalue weighted by molar-refractivity contribution is 9.10. The molecule has 4 rings (SSSR count). The second kappa shape index (κ2) is 10.2. The zero-order valence-corrected chi connectivity index (χ0v) is 20.4. The fourth-order valence-corrected chi connectivity index (χ4v) is 3.86. The van der Waals surface area contributed by atoms with Crippen LogP contribution in [-0.2, 0) is 13.0 Å². The van der Waals surface area contributed by atoms with Gasteiger partial charge in [-0.15, -0.1) is 0 Å². The number of nitrogens with zero attached hydrogens (tertiary/aromatic N) is 3. The Labute approximate surface area is 208 Å². The van der Waals surface area contributed by atoms with Gasteiger partial charge in [0.2, 0.25) is 0 Å². The van der Waals surface area contributed by atoms with Crippen molar-refractivity contribution in [2.24, 2.45) is 5.10 Å². The van der Waals surface area contributed by atoms with Gasteiger partial charge in [0.25, 0.3) is 5.56 Å². The van der Waals surface area contributed by atoms with Crippen molar-refractivity contribution in [3.63, 3.8) is 0 Å². The number of halogens is 2. The van der Waals surface area contributed by atoms with E-state index < -0.39 is 5.97 Å². The molecule has 1 aromatic heterocycles. The van der Waals surface area contributed by atoms with Crippen LogP contribution >= 0.6 is 27.5 Å². The van der Waals surface area contributed by atoms with E-state index in [0.29, 0.717) is 39.5 Å². The Bertz CT molecular complexity index is 1470. The summed E-state index contributed by atoms with van der Waals surface area (Å²) >= 11 is 9.58. The standard InChI is InChI=1S/C25H19BrClN3O4/c1-2-23-29-21-9-7-18(26)12-20(21)24(31)30(23)28-13-17-11-19(27)8-10-22(17)34-14-15-3-5-16(6-4-15)25(32)33/h3-13H,2,14H2,1H3,(H,32,33). The molecule has 0 aliphatic heterocycles. The van der Waals surface area contributed by atoms with Crippen molar-refractivity contribution >= 4 is 50.6 Å². The third-order valence-electron chi connectivity index (χ3n) is 5.07. The zero-order chi connectivity index (χ0) is 24.2. The van der Waals surface area contributed by atoms with E-state index in [0.717, 1.165) is 10.0 Å². The van der Waals surface area contributed by atoms with E-state index in [1.54, 1.807) is 42.5 Å². The summed E-state index contributed by atoms with van der Waals surface area (Å²) < 4.78 is 7.99. The van der Waals surface area contributed by atoms with Gasteiger partial charge in [0.05, 0.1) is 22.7 Å². The molecule has 0 fully saturated rings. The second-order valence-corrected chi connectivity index (χ2v) is 8.73. The fourth-order valence-electron chi connectivity index (χ4n) is 3.32. The van der Waals surface area contributed by atoms with Crippen LogP contribution in [0.2, 0.25) is 5.02 Å². The number of aromatic carboxylic acids is 1. The van der Waals surface area contributed by atoms with Gasteiger partial charge in [0, 0.05) is 21.5 Å². The summed E-state index contributed by atoms with van der Waals surface area (Å²) in [5.41, 5.74) is 1.92. The summed E-state index contributed by atoms with van der Waals surface area (Å²) in [6, 6.07) is 16.9. The van der Waals surface area contributed by atoms with Gasteiger partial charge in [-0.05, 0) is 54.1 Å². The van der Waals surface area contributed by atoms with Crippen molar-refractivity contribution in [2.75, 3.05) is 0 Å². The molecule has 9 heteroatoms. The van der Waals surface area contributed by atoms with Crippen LogP contribution in [0.3, 0.4) is 0 Å². The molecular weight excluding hydrogens is 522 g/mol. The van der Waals surface area contributed by atoms with Crippen LogP contribution in [-0.4, -0.2) is 27.0 Å². The summed E-state index contributed by atoms with van der Waals surface area (Å²) in [4.78, 5) is 28.7. The number of carbonyl (C=O) groups is 1. The number of fused-ring (bicyclic) bond motifs is 1. The van der Waals surface area contributed by atoms with Gasteiger partial charge in [-0.2, -0.15) is 9.78 Å². The number of carboxylic acids is 1. The van der Waals surface area contributed by atoms with Gasteiger partial charge in [0.1, 0.15) is 18.2 Å². The number of aromatic nitrogens is 2. The molecule has 0 saturated heterocycles. The quantitative estimate of drug-likeness (QED) is 0.311. The summed E-state index contributed by atoms with van der Waals surface area (Å²) in [7, 11) is 0. The largest absolute Gasteiger partial charge is 0.488 e. The molecule has 0 atom stereocenters. The molecule has 1 N–H and O–H groups in total. The average Bonchev–Trinajstić information content (AvgIpc) is 2.83. The molecule has 0 aliphatic carbocycles. The third kappa shape index (κ3) is 5.18. The molecule has 0 bridgehead atoms. The molecule has 1 heterocycles. The van der Waals surface area contributed by atoms with Crippen molar-refractivity contribution in [3.8, 4) is 5.75 Å². The Morgan fingerprint density at radius 2 is 1.94 bits per heavy atom. The maximum Gasteiger partial charge on any atom is 0.335 e. The normalized spacial score (nSPS) is 11.3. The Morgan fingerprint density at radius 3 is 2.65 bits per heavy atom. The van der Waals surface area contributed by atoms with Crippen molar-refractivity contribution in [1.29, 1.82) is 0 Å². The van der Waals surface area contributed by atoms with Crippen LogP contribution in [0.4, 0.5) is 0 Å². The molecule has 0 amide bonds. The second-order valence-electron chi connectivity index (χ2n) is 7.38. The predicted molar refractivity (Wildman–Crippen MR) is 135 cm³/mol. The smallest absolute Gasteiger partial charge is 0.335 e. The minimum absolute atomic E-state index is 0.205. The van der Waals surface area contributed by atoms with Gasteiger partial charge in [-0.3, -0.25) is 4.79 Å². The first kappa shape index (κ1) is 23.7. The fraction of sp³-hybridized carbons (Fsp3) is 0.120. The molecule has 0 aliphatic rings. The van der Waals surface area contributed by atoms with Crippen LogP contribution in [0.1, 0.15) is 34.2 Å². The van der Waals surface area contributed by atoms with E-state index in [1.807, 2.05) is 13.0 Å². The molecule has 172 valence electrons. The predicted octanol–water partition coefficient (Wildman–Crippen LogP) is 5.53. The van der Waals surface area contributed by atoms with E-state index >= 15 is 0 Å². The van der Waals surface area contributed by atoms with E-state index in [1.165, 1.54) is 23.0 Å². The Hall–Kier alpha value is -3.49. The summed E-state index contributed by atoms with van der Waals surface area (Å²) in [6.45, 7) is 2.12. The van der Waals surface area contributed by atoms with E-state index in [2.05, 4.69) is 26.0 Å². The van der Waals surface area contributed by atoms with Gasteiger partial charge in [-0.25, -0.2) is 9.78 Å². The lowest BCUT2D eigenvalue weighted by Gasteiger charge is -2.11. The topological polar surface area (TPSA) is 93.8 Å². The van der Waals surface area contributed by atoms with Gasteiger partial charge < -0.3 is 9.84 Å². The average molecular weight is 541 g/mol. The lowest BCUT2D eigenvalue weighted by molar-refractivity contribution is 0.0697. The molecule has 34 heavy (non-hydrogen) atoms. The number of hydrogen-bond donors (Lipinski definition) is 1. The Kier molecular flexibility index (Phi) is 7.09. The summed E-state index contributed by atoms with van der Waals surface area (Å²) in [5.74, 6) is 0.0537. The molecule has 7 nitrogen and oxygen atoms in total. The van der Waals surface area contributed by atoms with Crippen molar-refractivity contribution in [2.45, 2.75) is 20.0 Å². The van der Waals surface area contributed by atoms with E-state index in [-0.39, 0.29) is 17.7 Å². The first-order valence-corrected chi connectivity index (χ1v) is 11.5. The monoisotopic (exact) mass is 539 g/mol. The summed E-state index contributed by atoms with van der Waals surface area (Å²) in [5, 5.41) is 14.4. The van der Waals surface area contributed by atoms with Crippen LogP contribution in [0, 0.1) is 0 Å². The van der Waals surface area contributed by atoms with Crippen LogP contribution in [0.5, 0.6) is 5.75 Å². The summed E-state index contributed by atoms with van der Waals surface area (Å²) in [6.07, 6.45) is 2.03. The van der Waals surface area contributed by atoms with Gasteiger partial charge in [0.15, 0.2) is 0 Å². The first-order valence-electron chi connectivity index (χ1n) is 10.4. The molecule has 0 radical (unpaired) electrons. The number of hydrogen-bond acceptors (Lipinski definition) is 5. The minimum atomic E-state index is -0.985. The lowest BCUT2D eigenvalue weighted by atomic mass is 10.1. The maximum atomic E-state index is 13.1. The van der Waals surface area contributed by atoms with Gasteiger partial charge in [-0.1, -0.05) is 46.6 Å². The highest BCUT2D eigenvalue weighted by Crippen LogP contribution is 2.23. The maximum absolute atomic E-state index is 13.1. The zero-order valence-electron chi connectivity index (χ0n) is 18.0. The number of rotatable bonds is 7. The van der Waals surface area contributed by atoms with Crippen molar-refractivity contribution in [1.82, 2.24) is 9.66 Å². The van der Waals surface area contributed by atoms with Crippen molar-refractivity contribution < 1.29 is 14.6 Å². The minimum Gasteiger partial charge on any atom is -0.488 e. The van der Waals surface area contributed by atoms with Crippen LogP contribution in [0.25, 0.3) is 10.9 Å². The molecular formula is C25H19BrClN3O4. The molecule has 0 saturated carbocycles. The number of carboxylic acid groups (broad SMARTS) is 1. The Morgan fingerprint density at radius 1 is 1.18 bits per heavy atom. The Balaban J connectivity index is 1.65. The van der Waals surface area contributed by atoms with Crippen molar-refractivity contribution in [3.05, 3.63) is 103 Å². The third-order valence-corrected chi connectivity index (χ3v) is 5.80. The molecule has 0 unspecified atom stereocenters. The lowest BCUT2D eigenvalue weighted by Crippen LogP contribution is -2.22. The van der Waals surface area contributed by atoms with E-state index in [9.17, 15) is 9.59 Å². The number of ether oxygens (including phenoxy) is 1. The molecule has 4 aromatic rings. The van der Waals surface area contributed by atoms with Crippen LogP contribution in [0.15, 0.2) is 75.0 Å². The van der Waals surface area contributed by atoms with E-state index in [4.69, 9.17) is 21.4 Å². The SMILES string of the molecule is CCc1nc2ccc(Br)cc2c(=O)n1N=Cc1cc(Cl)ccc1OCc1ccc(C(=O)O)cc1. The van der Waals surface area contributed by atoms with Gasteiger partial charge >= 0.3 is 5.97 Å². The first-order chi connectivity index (χ1) is 16.4.